The minimum atomic E-state index is 0.114. The van der Waals surface area contributed by atoms with Crippen molar-refractivity contribution < 1.29 is 9.94 Å². The predicted molar refractivity (Wildman–Crippen MR) is 71.9 cm³/mol. The molecule has 0 saturated heterocycles. The molecule has 0 amide bonds. The van der Waals surface area contributed by atoms with Gasteiger partial charge in [-0.25, -0.2) is 0 Å². The van der Waals surface area contributed by atoms with E-state index in [1.807, 2.05) is 23.9 Å². The van der Waals surface area contributed by atoms with Crippen molar-refractivity contribution in [1.82, 2.24) is 0 Å². The number of benzene rings is 1. The van der Waals surface area contributed by atoms with Crippen molar-refractivity contribution in [3.63, 3.8) is 0 Å². The van der Waals surface area contributed by atoms with Crippen molar-refractivity contribution in [2.45, 2.75) is 24.9 Å². The normalized spacial score (nSPS) is 11.9. The highest BCUT2D eigenvalue weighted by Gasteiger charge is 2.08. The molecule has 3 N–H and O–H groups in total. The fraction of sp³-hybridized carbons (Fsp3) is 0.417. The maximum Gasteiger partial charge on any atom is 0.170 e. The number of ether oxygens (including phenoxy) is 1. The summed E-state index contributed by atoms with van der Waals surface area (Å²) in [5.74, 6) is 1.78. The van der Waals surface area contributed by atoms with Gasteiger partial charge in [-0.2, -0.15) is 11.8 Å². The first-order valence-corrected chi connectivity index (χ1v) is 6.39. The smallest absolute Gasteiger partial charge is 0.170 e. The Labute approximate surface area is 106 Å². The van der Waals surface area contributed by atoms with Gasteiger partial charge in [0.1, 0.15) is 5.75 Å². The van der Waals surface area contributed by atoms with Crippen LogP contribution in [0.2, 0.25) is 0 Å². The van der Waals surface area contributed by atoms with Gasteiger partial charge in [0, 0.05) is 16.9 Å². The summed E-state index contributed by atoms with van der Waals surface area (Å²) < 4.78 is 5.29. The van der Waals surface area contributed by atoms with Gasteiger partial charge in [0.2, 0.25) is 0 Å². The SMILES string of the molecule is COc1ccc(/C(N)=N/O)cc1CSC(C)C. The van der Waals surface area contributed by atoms with Crippen LogP contribution in [-0.2, 0) is 5.75 Å². The molecule has 0 aliphatic heterocycles. The zero-order valence-corrected chi connectivity index (χ0v) is 11.1. The van der Waals surface area contributed by atoms with Crippen molar-refractivity contribution >= 4 is 17.6 Å². The predicted octanol–water partition coefficient (Wildman–Crippen LogP) is 2.43. The van der Waals surface area contributed by atoms with Crippen molar-refractivity contribution in [3.8, 4) is 5.75 Å². The second-order valence-electron chi connectivity index (χ2n) is 3.87. The molecule has 1 rings (SSSR count). The van der Waals surface area contributed by atoms with Gasteiger partial charge in [-0.15, -0.1) is 0 Å². The van der Waals surface area contributed by atoms with Gasteiger partial charge in [0.25, 0.3) is 0 Å². The molecule has 4 nitrogen and oxygen atoms in total. The van der Waals surface area contributed by atoms with E-state index in [9.17, 15) is 0 Å². The van der Waals surface area contributed by atoms with Crippen molar-refractivity contribution in [2.75, 3.05) is 7.11 Å². The van der Waals surface area contributed by atoms with E-state index in [2.05, 4.69) is 19.0 Å². The van der Waals surface area contributed by atoms with Gasteiger partial charge in [-0.3, -0.25) is 0 Å². The number of oxime groups is 1. The summed E-state index contributed by atoms with van der Waals surface area (Å²) in [4.78, 5) is 0. The summed E-state index contributed by atoms with van der Waals surface area (Å²) in [6.45, 7) is 4.29. The van der Waals surface area contributed by atoms with E-state index in [1.165, 1.54) is 0 Å². The Morgan fingerprint density at radius 1 is 1.53 bits per heavy atom. The Hall–Kier alpha value is -1.36. The Bertz CT molecular complexity index is 405. The molecule has 0 atom stereocenters. The molecule has 0 aliphatic rings. The minimum Gasteiger partial charge on any atom is -0.496 e. The summed E-state index contributed by atoms with van der Waals surface area (Å²) >= 11 is 1.82. The summed E-state index contributed by atoms with van der Waals surface area (Å²) in [6.07, 6.45) is 0. The van der Waals surface area contributed by atoms with Crippen LogP contribution >= 0.6 is 11.8 Å². The molecule has 0 fully saturated rings. The second-order valence-corrected chi connectivity index (χ2v) is 5.44. The van der Waals surface area contributed by atoms with Gasteiger partial charge >= 0.3 is 0 Å². The zero-order valence-electron chi connectivity index (χ0n) is 10.3. The van der Waals surface area contributed by atoms with Gasteiger partial charge in [-0.05, 0) is 23.4 Å². The Kier molecular flexibility index (Phi) is 5.15. The monoisotopic (exact) mass is 254 g/mol. The van der Waals surface area contributed by atoms with E-state index in [0.29, 0.717) is 10.8 Å². The summed E-state index contributed by atoms with van der Waals surface area (Å²) in [6, 6.07) is 5.50. The van der Waals surface area contributed by atoms with Crippen LogP contribution in [0.1, 0.15) is 25.0 Å². The highest BCUT2D eigenvalue weighted by Crippen LogP contribution is 2.26. The standard InChI is InChI=1S/C12H18N2O2S/c1-8(2)17-7-10-6-9(12(13)14-15)4-5-11(10)16-3/h4-6,8,15H,7H2,1-3H3,(H2,13,14). The van der Waals surface area contributed by atoms with E-state index in [1.54, 1.807) is 13.2 Å². The van der Waals surface area contributed by atoms with Crippen LogP contribution in [0.15, 0.2) is 23.4 Å². The molecule has 1 aromatic carbocycles. The number of rotatable bonds is 5. The average Bonchev–Trinajstić information content (AvgIpc) is 2.34. The van der Waals surface area contributed by atoms with Gasteiger partial charge in [-0.1, -0.05) is 19.0 Å². The molecule has 94 valence electrons. The summed E-state index contributed by atoms with van der Waals surface area (Å²) in [7, 11) is 1.64. The van der Waals surface area contributed by atoms with Crippen LogP contribution in [0.5, 0.6) is 5.75 Å². The van der Waals surface area contributed by atoms with Crippen LogP contribution in [-0.4, -0.2) is 23.4 Å². The maximum atomic E-state index is 8.65. The highest BCUT2D eigenvalue weighted by atomic mass is 32.2. The van der Waals surface area contributed by atoms with Crippen LogP contribution in [0.25, 0.3) is 0 Å². The van der Waals surface area contributed by atoms with E-state index >= 15 is 0 Å². The molecule has 0 bridgehead atoms. The molecule has 5 heteroatoms. The highest BCUT2D eigenvalue weighted by molar-refractivity contribution is 7.99. The summed E-state index contributed by atoms with van der Waals surface area (Å²) in [5.41, 5.74) is 7.32. The first-order chi connectivity index (χ1) is 8.08. The van der Waals surface area contributed by atoms with Crippen LogP contribution in [0.4, 0.5) is 0 Å². The quantitative estimate of drug-likeness (QED) is 0.366. The molecular formula is C12H18N2O2S. The van der Waals surface area contributed by atoms with Crippen LogP contribution in [0, 0.1) is 0 Å². The molecule has 0 saturated carbocycles. The minimum absolute atomic E-state index is 0.114. The fourth-order valence-corrected chi connectivity index (χ4v) is 2.10. The van der Waals surface area contributed by atoms with Crippen LogP contribution < -0.4 is 10.5 Å². The third-order valence-electron chi connectivity index (χ3n) is 2.26. The molecule has 0 aromatic heterocycles. The lowest BCUT2D eigenvalue weighted by Gasteiger charge is -2.11. The van der Waals surface area contributed by atoms with E-state index in [0.717, 1.165) is 17.1 Å². The largest absolute Gasteiger partial charge is 0.496 e. The molecule has 0 unspecified atom stereocenters. The Morgan fingerprint density at radius 3 is 2.76 bits per heavy atom. The topological polar surface area (TPSA) is 67.8 Å². The lowest BCUT2D eigenvalue weighted by Crippen LogP contribution is -2.13. The molecule has 0 aliphatic carbocycles. The third-order valence-corrected chi connectivity index (χ3v) is 3.40. The lowest BCUT2D eigenvalue weighted by molar-refractivity contribution is 0.318. The van der Waals surface area contributed by atoms with E-state index < -0.39 is 0 Å². The fourth-order valence-electron chi connectivity index (χ4n) is 1.36. The molecule has 0 heterocycles. The van der Waals surface area contributed by atoms with Gasteiger partial charge < -0.3 is 15.7 Å². The Morgan fingerprint density at radius 2 is 2.24 bits per heavy atom. The number of hydrogen-bond acceptors (Lipinski definition) is 4. The number of amidine groups is 1. The number of thioether (sulfide) groups is 1. The first-order valence-electron chi connectivity index (χ1n) is 5.35. The molecular weight excluding hydrogens is 236 g/mol. The maximum absolute atomic E-state index is 8.65. The first kappa shape index (κ1) is 13.7. The third kappa shape index (κ3) is 3.85. The number of methoxy groups -OCH3 is 1. The second kappa shape index (κ2) is 6.39. The molecule has 1 aromatic rings. The van der Waals surface area contributed by atoms with E-state index in [-0.39, 0.29) is 5.84 Å². The Balaban J connectivity index is 2.98. The van der Waals surface area contributed by atoms with E-state index in [4.69, 9.17) is 15.7 Å². The molecule has 17 heavy (non-hydrogen) atoms. The van der Waals surface area contributed by atoms with Crippen LogP contribution in [0.3, 0.4) is 0 Å². The summed E-state index contributed by atoms with van der Waals surface area (Å²) in [5, 5.41) is 12.2. The lowest BCUT2D eigenvalue weighted by atomic mass is 10.1. The van der Waals surface area contributed by atoms with Crippen molar-refractivity contribution in [2.24, 2.45) is 10.9 Å². The number of nitrogens with zero attached hydrogens (tertiary/aromatic N) is 1. The molecule has 0 radical (unpaired) electrons. The van der Waals surface area contributed by atoms with Gasteiger partial charge in [0.15, 0.2) is 5.84 Å². The molecule has 0 spiro atoms. The van der Waals surface area contributed by atoms with Crippen molar-refractivity contribution in [3.05, 3.63) is 29.3 Å². The number of nitrogens with two attached hydrogens (primary N) is 1. The number of hydrogen-bond donors (Lipinski definition) is 2. The van der Waals surface area contributed by atoms with Gasteiger partial charge in [0.05, 0.1) is 7.11 Å². The van der Waals surface area contributed by atoms with Crippen molar-refractivity contribution in [1.29, 1.82) is 0 Å². The zero-order chi connectivity index (χ0) is 12.8. The average molecular weight is 254 g/mol.